The van der Waals surface area contributed by atoms with Crippen molar-refractivity contribution < 1.29 is 0 Å². The minimum Gasteiger partial charge on any atom is -0.307 e. The number of pyridine rings is 1. The fraction of sp³-hybridized carbons (Fsp3) is 0.706. The fourth-order valence-electron chi connectivity index (χ4n) is 3.21. The standard InChI is InChI=1S/C17H28N2/c1-13(14-6-5-11-18-12-14)19-16-9-7-15(8-10-16)17(2,3)4/h5-6,11-13,15-16,19H,7-10H2,1-4H3/t13-,15?,16?/m0/s1. The van der Waals surface area contributed by atoms with Crippen LogP contribution < -0.4 is 5.32 Å². The van der Waals surface area contributed by atoms with Gasteiger partial charge in [-0.15, -0.1) is 0 Å². The van der Waals surface area contributed by atoms with E-state index in [0.29, 0.717) is 17.5 Å². The maximum atomic E-state index is 4.20. The molecule has 2 nitrogen and oxygen atoms in total. The summed E-state index contributed by atoms with van der Waals surface area (Å²) in [6, 6.07) is 5.26. The normalized spacial score (nSPS) is 26.1. The molecule has 1 aliphatic carbocycles. The Balaban J connectivity index is 1.83. The quantitative estimate of drug-likeness (QED) is 0.874. The van der Waals surface area contributed by atoms with Crippen molar-refractivity contribution in [2.75, 3.05) is 0 Å². The van der Waals surface area contributed by atoms with Crippen LogP contribution in [0.5, 0.6) is 0 Å². The van der Waals surface area contributed by atoms with Crippen LogP contribution in [0.2, 0.25) is 0 Å². The van der Waals surface area contributed by atoms with Crippen LogP contribution >= 0.6 is 0 Å². The van der Waals surface area contributed by atoms with Crippen molar-refractivity contribution in [3.63, 3.8) is 0 Å². The molecule has 1 saturated carbocycles. The Morgan fingerprint density at radius 2 is 1.89 bits per heavy atom. The molecule has 1 aromatic heterocycles. The highest BCUT2D eigenvalue weighted by atomic mass is 14.9. The Morgan fingerprint density at radius 3 is 2.42 bits per heavy atom. The van der Waals surface area contributed by atoms with Crippen LogP contribution in [0.4, 0.5) is 0 Å². The van der Waals surface area contributed by atoms with Crippen LogP contribution in [0.25, 0.3) is 0 Å². The molecule has 2 heteroatoms. The van der Waals surface area contributed by atoms with Gasteiger partial charge < -0.3 is 5.32 Å². The van der Waals surface area contributed by atoms with Gasteiger partial charge >= 0.3 is 0 Å². The lowest BCUT2D eigenvalue weighted by molar-refractivity contribution is 0.157. The van der Waals surface area contributed by atoms with Gasteiger partial charge in [0.25, 0.3) is 0 Å². The van der Waals surface area contributed by atoms with E-state index in [4.69, 9.17) is 0 Å². The molecule has 0 radical (unpaired) electrons. The van der Waals surface area contributed by atoms with Gasteiger partial charge in [-0.2, -0.15) is 0 Å². The third-order valence-electron chi connectivity index (χ3n) is 4.62. The molecule has 0 saturated heterocycles. The second-order valence-corrected chi connectivity index (χ2v) is 7.09. The van der Waals surface area contributed by atoms with E-state index in [-0.39, 0.29) is 0 Å². The molecule has 1 heterocycles. The van der Waals surface area contributed by atoms with Crippen molar-refractivity contribution in [3.05, 3.63) is 30.1 Å². The largest absolute Gasteiger partial charge is 0.307 e. The van der Waals surface area contributed by atoms with E-state index in [2.05, 4.69) is 44.1 Å². The van der Waals surface area contributed by atoms with E-state index in [1.807, 2.05) is 18.5 Å². The van der Waals surface area contributed by atoms with Crippen LogP contribution in [0.15, 0.2) is 24.5 Å². The molecule has 1 aromatic rings. The average Bonchev–Trinajstić information content (AvgIpc) is 2.39. The minimum atomic E-state index is 0.407. The lowest BCUT2D eigenvalue weighted by Gasteiger charge is -2.38. The molecule has 0 aliphatic heterocycles. The summed E-state index contributed by atoms with van der Waals surface area (Å²) in [4.78, 5) is 4.20. The zero-order valence-electron chi connectivity index (χ0n) is 12.8. The molecule has 0 bridgehead atoms. The molecular weight excluding hydrogens is 232 g/mol. The lowest BCUT2D eigenvalue weighted by Crippen LogP contribution is -2.37. The first-order valence-electron chi connectivity index (χ1n) is 7.63. The molecule has 19 heavy (non-hydrogen) atoms. The van der Waals surface area contributed by atoms with Gasteiger partial charge in [-0.1, -0.05) is 26.8 Å². The molecule has 1 N–H and O–H groups in total. The maximum absolute atomic E-state index is 4.20. The van der Waals surface area contributed by atoms with Crippen molar-refractivity contribution in [1.82, 2.24) is 10.3 Å². The van der Waals surface area contributed by atoms with E-state index < -0.39 is 0 Å². The number of aromatic nitrogens is 1. The van der Waals surface area contributed by atoms with Crippen LogP contribution in [-0.4, -0.2) is 11.0 Å². The van der Waals surface area contributed by atoms with Gasteiger partial charge in [0.05, 0.1) is 0 Å². The van der Waals surface area contributed by atoms with E-state index in [1.165, 1.54) is 31.2 Å². The second-order valence-electron chi connectivity index (χ2n) is 7.09. The summed E-state index contributed by atoms with van der Waals surface area (Å²) in [7, 11) is 0. The first kappa shape index (κ1) is 14.5. The zero-order chi connectivity index (χ0) is 13.9. The van der Waals surface area contributed by atoms with Crippen LogP contribution in [-0.2, 0) is 0 Å². The lowest BCUT2D eigenvalue weighted by atomic mass is 9.71. The third kappa shape index (κ3) is 4.04. The Kier molecular flexibility index (Phi) is 4.62. The first-order valence-corrected chi connectivity index (χ1v) is 7.63. The smallest absolute Gasteiger partial charge is 0.0315 e. The summed E-state index contributed by atoms with van der Waals surface area (Å²) in [5, 5.41) is 3.77. The van der Waals surface area contributed by atoms with E-state index in [9.17, 15) is 0 Å². The van der Waals surface area contributed by atoms with Crippen LogP contribution in [0.3, 0.4) is 0 Å². The number of hydrogen-bond acceptors (Lipinski definition) is 2. The molecule has 2 rings (SSSR count). The van der Waals surface area contributed by atoms with Crippen LogP contribution in [0.1, 0.15) is 65.0 Å². The molecule has 1 atom stereocenters. The predicted octanol–water partition coefficient (Wildman–Crippen LogP) is 4.34. The number of nitrogens with one attached hydrogen (secondary N) is 1. The number of hydrogen-bond donors (Lipinski definition) is 1. The van der Waals surface area contributed by atoms with Crippen molar-refractivity contribution in [1.29, 1.82) is 0 Å². The minimum absolute atomic E-state index is 0.407. The maximum Gasteiger partial charge on any atom is 0.0315 e. The highest BCUT2D eigenvalue weighted by molar-refractivity contribution is 5.13. The Morgan fingerprint density at radius 1 is 1.21 bits per heavy atom. The van der Waals surface area contributed by atoms with Gasteiger partial charge in [-0.3, -0.25) is 4.98 Å². The fourth-order valence-corrected chi connectivity index (χ4v) is 3.21. The SMILES string of the molecule is C[C@H](NC1CCC(C(C)(C)C)CC1)c1cccnc1. The molecular formula is C17H28N2. The second kappa shape index (κ2) is 6.04. The summed E-state index contributed by atoms with van der Waals surface area (Å²) in [6.07, 6.45) is 9.16. The van der Waals surface area contributed by atoms with Crippen molar-refractivity contribution in [2.45, 2.75) is 65.5 Å². The summed E-state index contributed by atoms with van der Waals surface area (Å²) in [5.41, 5.74) is 1.76. The Hall–Kier alpha value is -0.890. The monoisotopic (exact) mass is 260 g/mol. The van der Waals surface area contributed by atoms with Gasteiger partial charge in [0.15, 0.2) is 0 Å². The van der Waals surface area contributed by atoms with Gasteiger partial charge in [0, 0.05) is 24.5 Å². The Bertz CT molecular complexity index is 372. The Labute approximate surface area is 118 Å². The van der Waals surface area contributed by atoms with Gasteiger partial charge in [0.1, 0.15) is 0 Å². The van der Waals surface area contributed by atoms with Gasteiger partial charge in [-0.05, 0) is 55.6 Å². The molecule has 106 valence electrons. The molecule has 0 aromatic carbocycles. The zero-order valence-corrected chi connectivity index (χ0v) is 12.8. The van der Waals surface area contributed by atoms with E-state index in [0.717, 1.165) is 5.92 Å². The predicted molar refractivity (Wildman–Crippen MR) is 81.0 cm³/mol. The average molecular weight is 260 g/mol. The van der Waals surface area contributed by atoms with Gasteiger partial charge in [0.2, 0.25) is 0 Å². The summed E-state index contributed by atoms with van der Waals surface area (Å²) >= 11 is 0. The molecule has 1 fully saturated rings. The molecule has 0 amide bonds. The molecule has 0 unspecified atom stereocenters. The summed E-state index contributed by atoms with van der Waals surface area (Å²) in [6.45, 7) is 9.38. The first-order chi connectivity index (χ1) is 8.97. The summed E-state index contributed by atoms with van der Waals surface area (Å²) < 4.78 is 0. The van der Waals surface area contributed by atoms with E-state index in [1.54, 1.807) is 0 Å². The van der Waals surface area contributed by atoms with E-state index >= 15 is 0 Å². The van der Waals surface area contributed by atoms with Crippen LogP contribution in [0, 0.1) is 11.3 Å². The molecule has 0 spiro atoms. The molecule has 1 aliphatic rings. The van der Waals surface area contributed by atoms with Crippen molar-refractivity contribution in [2.24, 2.45) is 11.3 Å². The third-order valence-corrected chi connectivity index (χ3v) is 4.62. The highest BCUT2D eigenvalue weighted by Gasteiger charge is 2.29. The highest BCUT2D eigenvalue weighted by Crippen LogP contribution is 2.38. The number of nitrogens with zero attached hydrogens (tertiary/aromatic N) is 1. The van der Waals surface area contributed by atoms with Crippen molar-refractivity contribution in [3.8, 4) is 0 Å². The van der Waals surface area contributed by atoms with Gasteiger partial charge in [-0.25, -0.2) is 0 Å². The van der Waals surface area contributed by atoms with Crippen molar-refractivity contribution >= 4 is 0 Å². The number of rotatable bonds is 3. The topological polar surface area (TPSA) is 24.9 Å². The summed E-state index contributed by atoms with van der Waals surface area (Å²) in [5.74, 6) is 0.888.